The molecule has 4 aromatic carbocycles. The van der Waals surface area contributed by atoms with Crippen molar-refractivity contribution < 1.29 is 17.9 Å². The fourth-order valence-electron chi connectivity index (χ4n) is 3.53. The maximum Gasteiger partial charge on any atom is 0.416 e. The lowest BCUT2D eigenvalue weighted by molar-refractivity contribution is -0.137. The summed E-state index contributed by atoms with van der Waals surface area (Å²) in [5.74, 6) is 7.07. The van der Waals surface area contributed by atoms with Crippen molar-refractivity contribution in [2.45, 2.75) is 25.2 Å². The van der Waals surface area contributed by atoms with Crippen molar-refractivity contribution >= 4 is 0 Å². The van der Waals surface area contributed by atoms with Crippen LogP contribution in [0.25, 0.3) is 0 Å². The van der Waals surface area contributed by atoms with Crippen molar-refractivity contribution in [2.24, 2.45) is 5.73 Å². The van der Waals surface area contributed by atoms with Crippen LogP contribution in [0.5, 0.6) is 5.75 Å². The predicted octanol–water partition coefficient (Wildman–Crippen LogP) is 6.93. The number of nitrogens with two attached hydrogens (primary N) is 1. The van der Waals surface area contributed by atoms with Gasteiger partial charge in [0.25, 0.3) is 0 Å². The van der Waals surface area contributed by atoms with E-state index in [9.17, 15) is 13.2 Å². The predicted molar refractivity (Wildman–Crippen MR) is 132 cm³/mol. The number of hydrogen-bond acceptors (Lipinski definition) is 2. The van der Waals surface area contributed by atoms with Gasteiger partial charge in [-0.3, -0.25) is 0 Å². The minimum absolute atomic E-state index is 0.392. The number of benzene rings is 4. The van der Waals surface area contributed by atoms with Crippen LogP contribution in [-0.2, 0) is 19.2 Å². The molecule has 5 heteroatoms. The average molecular weight is 472 g/mol. The van der Waals surface area contributed by atoms with Crippen LogP contribution >= 0.6 is 0 Å². The molecule has 1 atom stereocenters. The second kappa shape index (κ2) is 10.9. The summed E-state index contributed by atoms with van der Waals surface area (Å²) in [4.78, 5) is 0. The molecule has 0 fully saturated rings. The van der Waals surface area contributed by atoms with Gasteiger partial charge in [-0.1, -0.05) is 66.4 Å². The van der Waals surface area contributed by atoms with Crippen LogP contribution in [0, 0.1) is 11.8 Å². The molecule has 176 valence electrons. The van der Waals surface area contributed by atoms with E-state index in [-0.39, 0.29) is 0 Å². The highest BCUT2D eigenvalue weighted by Gasteiger charge is 2.30. The summed E-state index contributed by atoms with van der Waals surface area (Å²) in [6.07, 6.45) is -3.83. The summed E-state index contributed by atoms with van der Waals surface area (Å²) in [6.45, 7) is 0.515. The molecule has 2 nitrogen and oxygen atoms in total. The molecule has 0 saturated carbocycles. The second-order valence-corrected chi connectivity index (χ2v) is 8.18. The fraction of sp³-hybridized carbons (Fsp3) is 0.133. The standard InChI is InChI=1S/C30H24F3NO/c31-30(32,33)27-16-14-26(15-17-27)29(34)20-24-10-8-22(9-11-24)6-7-23-12-18-28(19-13-23)35-21-25-4-2-1-3-5-25/h1-5,8-19,29H,20-21,34H2. The Labute approximate surface area is 203 Å². The zero-order valence-electron chi connectivity index (χ0n) is 18.9. The first-order chi connectivity index (χ1) is 16.9. The van der Waals surface area contributed by atoms with E-state index in [0.717, 1.165) is 40.1 Å². The highest BCUT2D eigenvalue weighted by Crippen LogP contribution is 2.30. The van der Waals surface area contributed by atoms with E-state index in [1.54, 1.807) is 0 Å². The largest absolute Gasteiger partial charge is 0.489 e. The second-order valence-electron chi connectivity index (χ2n) is 8.18. The smallest absolute Gasteiger partial charge is 0.416 e. The Kier molecular flexibility index (Phi) is 7.54. The van der Waals surface area contributed by atoms with Gasteiger partial charge in [0.05, 0.1) is 5.56 Å². The lowest BCUT2D eigenvalue weighted by Gasteiger charge is -2.14. The van der Waals surface area contributed by atoms with E-state index in [1.165, 1.54) is 12.1 Å². The van der Waals surface area contributed by atoms with E-state index in [1.807, 2.05) is 78.9 Å². The molecule has 0 radical (unpaired) electrons. The molecule has 0 saturated heterocycles. The van der Waals surface area contributed by atoms with Crippen molar-refractivity contribution in [1.82, 2.24) is 0 Å². The molecular formula is C30H24F3NO. The van der Waals surface area contributed by atoms with Crippen LogP contribution in [0.2, 0.25) is 0 Å². The molecular weight excluding hydrogens is 447 g/mol. The Morgan fingerprint density at radius 1 is 0.686 bits per heavy atom. The molecule has 0 heterocycles. The van der Waals surface area contributed by atoms with Crippen molar-refractivity contribution in [1.29, 1.82) is 0 Å². The molecule has 0 aliphatic carbocycles. The van der Waals surface area contributed by atoms with E-state index in [2.05, 4.69) is 11.8 Å². The van der Waals surface area contributed by atoms with Crippen molar-refractivity contribution in [2.75, 3.05) is 0 Å². The van der Waals surface area contributed by atoms with Crippen LogP contribution in [0.3, 0.4) is 0 Å². The summed E-state index contributed by atoms with van der Waals surface area (Å²) in [5.41, 5.74) is 10.0. The maximum absolute atomic E-state index is 12.7. The first-order valence-electron chi connectivity index (χ1n) is 11.2. The Morgan fingerprint density at radius 2 is 1.26 bits per heavy atom. The van der Waals surface area contributed by atoms with Gasteiger partial charge in [0.15, 0.2) is 0 Å². The van der Waals surface area contributed by atoms with Gasteiger partial charge in [0, 0.05) is 17.2 Å². The topological polar surface area (TPSA) is 35.2 Å². The minimum atomic E-state index is -4.35. The van der Waals surface area contributed by atoms with Crippen LogP contribution < -0.4 is 10.5 Å². The Balaban J connectivity index is 1.32. The molecule has 0 bridgehead atoms. The third-order valence-electron chi connectivity index (χ3n) is 5.53. The summed E-state index contributed by atoms with van der Waals surface area (Å²) in [5, 5.41) is 0. The quantitative estimate of drug-likeness (QED) is 0.310. The van der Waals surface area contributed by atoms with Crippen LogP contribution in [0.4, 0.5) is 13.2 Å². The zero-order chi connectivity index (χ0) is 24.7. The summed E-state index contributed by atoms with van der Waals surface area (Å²) < 4.78 is 44.0. The Bertz CT molecular complexity index is 1290. The van der Waals surface area contributed by atoms with Crippen LogP contribution in [-0.4, -0.2) is 0 Å². The van der Waals surface area contributed by atoms with E-state index in [4.69, 9.17) is 10.5 Å². The first-order valence-corrected chi connectivity index (χ1v) is 11.2. The molecule has 1 unspecified atom stereocenters. The SMILES string of the molecule is NC(Cc1ccc(C#Cc2ccc(OCc3ccccc3)cc2)cc1)c1ccc(C(F)(F)F)cc1. The number of ether oxygens (including phenoxy) is 1. The molecule has 4 aromatic rings. The fourth-order valence-corrected chi connectivity index (χ4v) is 3.53. The summed E-state index contributed by atoms with van der Waals surface area (Å²) in [7, 11) is 0. The van der Waals surface area contributed by atoms with Gasteiger partial charge in [-0.2, -0.15) is 13.2 Å². The van der Waals surface area contributed by atoms with Crippen molar-refractivity contribution in [3.05, 3.63) is 137 Å². The normalized spacial score (nSPS) is 11.9. The van der Waals surface area contributed by atoms with Gasteiger partial charge < -0.3 is 10.5 Å². The van der Waals surface area contributed by atoms with Gasteiger partial charge in [0.2, 0.25) is 0 Å². The van der Waals surface area contributed by atoms with Crippen molar-refractivity contribution in [3.8, 4) is 17.6 Å². The van der Waals surface area contributed by atoms with E-state index < -0.39 is 17.8 Å². The number of rotatable bonds is 6. The van der Waals surface area contributed by atoms with Gasteiger partial charge in [0.1, 0.15) is 12.4 Å². The molecule has 0 spiro atoms. The van der Waals surface area contributed by atoms with E-state index >= 15 is 0 Å². The molecule has 0 aromatic heterocycles. The van der Waals surface area contributed by atoms with Gasteiger partial charge in [-0.15, -0.1) is 0 Å². The highest BCUT2D eigenvalue weighted by atomic mass is 19.4. The lowest BCUT2D eigenvalue weighted by atomic mass is 9.98. The molecule has 0 amide bonds. The van der Waals surface area contributed by atoms with E-state index in [0.29, 0.717) is 18.6 Å². The minimum Gasteiger partial charge on any atom is -0.489 e. The lowest BCUT2D eigenvalue weighted by Crippen LogP contribution is -2.14. The molecule has 4 rings (SSSR count). The Morgan fingerprint density at radius 3 is 1.83 bits per heavy atom. The third kappa shape index (κ3) is 6.99. The monoisotopic (exact) mass is 471 g/mol. The van der Waals surface area contributed by atoms with Gasteiger partial charge >= 0.3 is 6.18 Å². The number of alkyl halides is 3. The van der Waals surface area contributed by atoms with Gasteiger partial charge in [-0.05, 0) is 71.6 Å². The third-order valence-corrected chi connectivity index (χ3v) is 5.53. The summed E-state index contributed by atoms with van der Waals surface area (Å²) >= 11 is 0. The zero-order valence-corrected chi connectivity index (χ0v) is 18.9. The molecule has 0 aliphatic rings. The van der Waals surface area contributed by atoms with Gasteiger partial charge in [-0.25, -0.2) is 0 Å². The molecule has 35 heavy (non-hydrogen) atoms. The van der Waals surface area contributed by atoms with Crippen LogP contribution in [0.1, 0.15) is 39.4 Å². The average Bonchev–Trinajstić information content (AvgIpc) is 2.88. The maximum atomic E-state index is 12.7. The number of hydrogen-bond donors (Lipinski definition) is 1. The summed E-state index contributed by atoms with van der Waals surface area (Å²) in [6, 6.07) is 30.0. The Hall–Kier alpha value is -4.01. The number of halogens is 3. The van der Waals surface area contributed by atoms with Crippen molar-refractivity contribution in [3.63, 3.8) is 0 Å². The highest BCUT2D eigenvalue weighted by molar-refractivity contribution is 5.45. The first kappa shape index (κ1) is 24.1. The molecule has 2 N–H and O–H groups in total. The van der Waals surface area contributed by atoms with Crippen LogP contribution in [0.15, 0.2) is 103 Å². The molecule has 0 aliphatic heterocycles.